The summed E-state index contributed by atoms with van der Waals surface area (Å²) in [4.78, 5) is 17.6. The summed E-state index contributed by atoms with van der Waals surface area (Å²) in [5.74, 6) is 3.05. The van der Waals surface area contributed by atoms with Crippen LogP contribution in [-0.2, 0) is 10.8 Å². The third kappa shape index (κ3) is 5.00. The van der Waals surface area contributed by atoms with E-state index in [1.807, 2.05) is 6.20 Å². The van der Waals surface area contributed by atoms with E-state index in [0.717, 1.165) is 56.5 Å². The first-order valence-electron chi connectivity index (χ1n) is 16.3. The third-order valence-corrected chi connectivity index (χ3v) is 9.21. The molecule has 0 radical (unpaired) electrons. The summed E-state index contributed by atoms with van der Waals surface area (Å²) < 4.78 is 6.73. The van der Waals surface area contributed by atoms with Gasteiger partial charge in [-0.15, -0.1) is 0 Å². The van der Waals surface area contributed by atoms with Gasteiger partial charge in [-0.25, -0.2) is 4.98 Å². The van der Waals surface area contributed by atoms with Gasteiger partial charge in [-0.05, 0) is 75.0 Å². The lowest BCUT2D eigenvalue weighted by Crippen LogP contribution is -2.60. The van der Waals surface area contributed by atoms with Gasteiger partial charge in [0.2, 0.25) is 5.88 Å². The topological polar surface area (TPSA) is 51.1 Å². The largest absolute Gasteiger partial charge is 0.440 e. The lowest BCUT2D eigenvalue weighted by molar-refractivity contribution is 0.450. The van der Waals surface area contributed by atoms with Gasteiger partial charge in [0.05, 0.1) is 5.69 Å². The Morgan fingerprint density at radius 2 is 1.34 bits per heavy atom. The molecule has 8 rings (SSSR count). The van der Waals surface area contributed by atoms with E-state index < -0.39 is 0 Å². The molecule has 2 aromatic heterocycles. The number of rotatable bonds is 3. The molecule has 0 fully saturated rings. The van der Waals surface area contributed by atoms with E-state index in [2.05, 4.69) is 156 Å². The van der Waals surface area contributed by atoms with Gasteiger partial charge >= 0.3 is 0 Å². The normalized spacial score (nSPS) is 13.4. The number of para-hydroxylation sites is 1. The number of anilines is 3. The number of hydrogen-bond acceptors (Lipinski definition) is 5. The molecule has 230 valence electrons. The Labute approximate surface area is 277 Å². The number of benzene rings is 4. The van der Waals surface area contributed by atoms with Gasteiger partial charge in [0.1, 0.15) is 17.4 Å². The van der Waals surface area contributed by atoms with E-state index >= 15 is 0 Å². The van der Waals surface area contributed by atoms with Gasteiger partial charge in [-0.3, -0.25) is 9.88 Å². The lowest BCUT2D eigenvalue weighted by Gasteiger charge is -2.39. The quantitative estimate of drug-likeness (QED) is 0.188. The SMILES string of the molecule is CC(C)(C)c1ccnc(-c2ccc3c(c2)B2c4cc(-c5ccccc5)ccc4Oc4nc(C(C)(C)C)nc(c42)N3c2ccccc2)c1. The maximum absolute atomic E-state index is 6.73. The minimum atomic E-state index is -0.280. The van der Waals surface area contributed by atoms with Crippen LogP contribution >= 0.6 is 0 Å². The summed E-state index contributed by atoms with van der Waals surface area (Å²) >= 11 is 0. The zero-order valence-electron chi connectivity index (χ0n) is 27.7. The molecule has 2 aliphatic heterocycles. The summed E-state index contributed by atoms with van der Waals surface area (Å²) in [6.07, 6.45) is 1.93. The van der Waals surface area contributed by atoms with Gasteiger partial charge < -0.3 is 4.74 Å². The van der Waals surface area contributed by atoms with Crippen molar-refractivity contribution in [2.75, 3.05) is 4.90 Å². The van der Waals surface area contributed by atoms with Crippen molar-refractivity contribution in [3.63, 3.8) is 0 Å². The number of pyridine rings is 1. The number of fused-ring (bicyclic) bond motifs is 4. The molecule has 0 N–H and O–H groups in total. The molecule has 2 aliphatic rings. The maximum Gasteiger partial charge on any atom is 0.260 e. The van der Waals surface area contributed by atoms with Crippen LogP contribution in [0.2, 0.25) is 0 Å². The molecular formula is C41H37BN4O. The second-order valence-electron chi connectivity index (χ2n) is 14.6. The number of ether oxygens (including phenoxy) is 1. The summed E-state index contributed by atoms with van der Waals surface area (Å²) in [6.45, 7) is 13.0. The molecule has 0 unspecified atom stereocenters. The van der Waals surface area contributed by atoms with Crippen LogP contribution < -0.4 is 26.0 Å². The molecule has 4 aromatic carbocycles. The van der Waals surface area contributed by atoms with Crippen molar-refractivity contribution in [1.29, 1.82) is 0 Å². The second-order valence-corrected chi connectivity index (χ2v) is 14.6. The van der Waals surface area contributed by atoms with Crippen molar-refractivity contribution in [1.82, 2.24) is 15.0 Å². The van der Waals surface area contributed by atoms with Gasteiger partial charge in [0.25, 0.3) is 6.71 Å². The van der Waals surface area contributed by atoms with Crippen LogP contribution in [0.15, 0.2) is 115 Å². The zero-order valence-corrected chi connectivity index (χ0v) is 27.7. The number of hydrogen-bond donors (Lipinski definition) is 0. The van der Waals surface area contributed by atoms with Crippen molar-refractivity contribution in [2.45, 2.75) is 52.4 Å². The molecule has 5 nitrogen and oxygen atoms in total. The predicted molar refractivity (Wildman–Crippen MR) is 194 cm³/mol. The Kier molecular flexibility index (Phi) is 6.62. The van der Waals surface area contributed by atoms with Crippen molar-refractivity contribution < 1.29 is 4.74 Å². The fourth-order valence-electron chi connectivity index (χ4n) is 6.69. The van der Waals surface area contributed by atoms with Crippen LogP contribution in [0, 0.1) is 0 Å². The maximum atomic E-state index is 6.73. The first-order valence-corrected chi connectivity index (χ1v) is 16.3. The average molecular weight is 613 g/mol. The van der Waals surface area contributed by atoms with E-state index in [0.29, 0.717) is 5.88 Å². The summed E-state index contributed by atoms with van der Waals surface area (Å²) in [5, 5.41) is 0. The molecule has 6 heteroatoms. The Morgan fingerprint density at radius 3 is 2.06 bits per heavy atom. The molecule has 4 heterocycles. The summed E-state index contributed by atoms with van der Waals surface area (Å²) in [5.41, 5.74) is 10.7. The van der Waals surface area contributed by atoms with E-state index in [1.54, 1.807) is 0 Å². The standard InChI is InChI=1S/C41H37BN4O/c1-40(2,3)29-21-22-43-33(25-29)28-17-19-34-31(24-28)42-32-23-27(26-13-9-7-10-14-26)18-20-35(32)47-38-36(42)37(44-39(45-38)41(4,5)6)46(34)30-15-11-8-12-16-30/h7-25H,1-6H3. The molecular weight excluding hydrogens is 575 g/mol. The van der Waals surface area contributed by atoms with E-state index in [1.165, 1.54) is 16.6 Å². The van der Waals surface area contributed by atoms with Gasteiger partial charge in [0, 0.05) is 28.4 Å². The average Bonchev–Trinajstić information content (AvgIpc) is 3.07. The highest BCUT2D eigenvalue weighted by atomic mass is 16.5. The smallest absolute Gasteiger partial charge is 0.260 e. The van der Waals surface area contributed by atoms with Crippen molar-refractivity contribution in [3.8, 4) is 34.0 Å². The van der Waals surface area contributed by atoms with Crippen molar-refractivity contribution in [2.24, 2.45) is 0 Å². The summed E-state index contributed by atoms with van der Waals surface area (Å²) in [7, 11) is 0. The highest BCUT2D eigenvalue weighted by molar-refractivity contribution is 6.99. The zero-order chi connectivity index (χ0) is 32.5. The Morgan fingerprint density at radius 1 is 0.638 bits per heavy atom. The highest BCUT2D eigenvalue weighted by Gasteiger charge is 2.44. The van der Waals surface area contributed by atoms with Crippen molar-refractivity contribution >= 4 is 40.3 Å². The Bertz CT molecular complexity index is 2150. The Balaban J connectivity index is 1.42. The molecule has 0 bridgehead atoms. The fourth-order valence-corrected chi connectivity index (χ4v) is 6.69. The molecule has 0 saturated heterocycles. The van der Waals surface area contributed by atoms with E-state index in [9.17, 15) is 0 Å². The molecule has 47 heavy (non-hydrogen) atoms. The molecule has 0 aliphatic carbocycles. The third-order valence-electron chi connectivity index (χ3n) is 9.21. The van der Waals surface area contributed by atoms with Crippen LogP contribution in [0.25, 0.3) is 22.4 Å². The molecule has 0 atom stereocenters. The number of nitrogens with zero attached hydrogens (tertiary/aromatic N) is 4. The van der Waals surface area contributed by atoms with Crippen LogP contribution in [0.5, 0.6) is 11.6 Å². The van der Waals surface area contributed by atoms with E-state index in [-0.39, 0.29) is 17.5 Å². The van der Waals surface area contributed by atoms with Crippen LogP contribution in [0.4, 0.5) is 17.2 Å². The molecule has 0 spiro atoms. The molecule has 0 saturated carbocycles. The first kappa shape index (κ1) is 29.2. The minimum absolute atomic E-state index is 0.0133. The van der Waals surface area contributed by atoms with Gasteiger partial charge in [-0.2, -0.15) is 4.98 Å². The fraction of sp³-hybridized carbons (Fsp3) is 0.195. The highest BCUT2D eigenvalue weighted by Crippen LogP contribution is 2.41. The van der Waals surface area contributed by atoms with E-state index in [4.69, 9.17) is 19.7 Å². The first-order chi connectivity index (χ1) is 22.6. The van der Waals surface area contributed by atoms with Crippen LogP contribution in [-0.4, -0.2) is 21.7 Å². The van der Waals surface area contributed by atoms with Crippen LogP contribution in [0.1, 0.15) is 52.9 Å². The Hall–Kier alpha value is -5.23. The van der Waals surface area contributed by atoms with Gasteiger partial charge in [-0.1, -0.05) is 114 Å². The lowest BCUT2D eigenvalue weighted by atomic mass is 9.34. The molecule has 6 aromatic rings. The monoisotopic (exact) mass is 612 g/mol. The minimum Gasteiger partial charge on any atom is -0.440 e. The predicted octanol–water partition coefficient (Wildman–Crippen LogP) is 8.21. The van der Waals surface area contributed by atoms with Crippen LogP contribution in [0.3, 0.4) is 0 Å². The molecule has 0 amide bonds. The van der Waals surface area contributed by atoms with Gasteiger partial charge in [0.15, 0.2) is 0 Å². The number of aromatic nitrogens is 3. The van der Waals surface area contributed by atoms with Crippen molar-refractivity contribution in [3.05, 3.63) is 127 Å². The summed E-state index contributed by atoms with van der Waals surface area (Å²) in [6, 6.07) is 38.6. The second kappa shape index (κ2) is 10.7.